The van der Waals surface area contributed by atoms with E-state index in [9.17, 15) is 9.59 Å². The molecule has 0 unspecified atom stereocenters. The van der Waals surface area contributed by atoms with Crippen LogP contribution in [0.2, 0.25) is 0 Å². The number of aromatic nitrogens is 2. The van der Waals surface area contributed by atoms with Gasteiger partial charge >= 0.3 is 0 Å². The van der Waals surface area contributed by atoms with E-state index in [1.165, 1.54) is 18.1 Å². The topological polar surface area (TPSA) is 87.2 Å². The van der Waals surface area contributed by atoms with Crippen molar-refractivity contribution in [1.29, 1.82) is 0 Å². The second-order valence-electron chi connectivity index (χ2n) is 6.68. The molecule has 0 aliphatic carbocycles. The fourth-order valence-corrected chi connectivity index (χ4v) is 4.21. The largest absolute Gasteiger partial charge is 0.367 e. The first kappa shape index (κ1) is 19.3. The Bertz CT molecular complexity index is 772. The molecule has 27 heavy (non-hydrogen) atoms. The lowest BCUT2D eigenvalue weighted by Crippen LogP contribution is -2.41. The first-order valence-corrected chi connectivity index (χ1v) is 10.1. The number of carbonyl (C=O) groups excluding carboxylic acids is 2. The molecule has 1 fully saturated rings. The molecule has 144 valence electrons. The lowest BCUT2D eigenvalue weighted by Gasteiger charge is -2.34. The third-order valence-electron chi connectivity index (χ3n) is 4.81. The first-order valence-electron chi connectivity index (χ1n) is 9.24. The van der Waals surface area contributed by atoms with Gasteiger partial charge in [-0.3, -0.25) is 9.59 Å². The van der Waals surface area contributed by atoms with Crippen molar-refractivity contribution < 1.29 is 9.59 Å². The summed E-state index contributed by atoms with van der Waals surface area (Å²) in [5.74, 6) is 0.484. The number of piperidine rings is 1. The van der Waals surface area contributed by atoms with E-state index in [0.29, 0.717) is 5.82 Å². The third-order valence-corrected chi connectivity index (χ3v) is 5.79. The van der Waals surface area contributed by atoms with Crippen molar-refractivity contribution in [3.05, 3.63) is 34.9 Å². The van der Waals surface area contributed by atoms with Gasteiger partial charge in [0, 0.05) is 30.8 Å². The second-order valence-corrected chi connectivity index (χ2v) is 7.66. The van der Waals surface area contributed by atoms with E-state index in [1.807, 2.05) is 11.4 Å². The van der Waals surface area contributed by atoms with Crippen molar-refractivity contribution >= 4 is 34.7 Å². The van der Waals surface area contributed by atoms with Crippen LogP contribution >= 0.6 is 11.3 Å². The second kappa shape index (κ2) is 8.94. The van der Waals surface area contributed by atoms with Gasteiger partial charge in [0.05, 0.1) is 17.9 Å². The molecule has 0 saturated carbocycles. The fraction of sp³-hybridized carbons (Fsp3) is 0.474. The molecule has 1 aliphatic rings. The predicted octanol–water partition coefficient (Wildman–Crippen LogP) is 2.98. The van der Waals surface area contributed by atoms with E-state index < -0.39 is 0 Å². The molecule has 1 atom stereocenters. The van der Waals surface area contributed by atoms with Crippen LogP contribution in [-0.2, 0) is 9.59 Å². The van der Waals surface area contributed by atoms with Crippen LogP contribution in [-0.4, -0.2) is 34.9 Å². The summed E-state index contributed by atoms with van der Waals surface area (Å²) in [4.78, 5) is 35.7. The van der Waals surface area contributed by atoms with E-state index in [2.05, 4.69) is 38.5 Å². The van der Waals surface area contributed by atoms with Crippen molar-refractivity contribution in [1.82, 2.24) is 15.3 Å². The van der Waals surface area contributed by atoms with Gasteiger partial charge in [-0.25, -0.2) is 9.97 Å². The SMILES string of the molecule is CC[C@@H](NC(=O)C1CCN(c2cncnc2NC(C)=O)CC1)c1cccs1. The summed E-state index contributed by atoms with van der Waals surface area (Å²) in [6.45, 7) is 5.01. The molecule has 0 spiro atoms. The molecule has 3 heterocycles. The Morgan fingerprint density at radius 1 is 1.37 bits per heavy atom. The number of nitrogens with zero attached hydrogens (tertiary/aromatic N) is 3. The Kier molecular flexibility index (Phi) is 6.39. The zero-order valence-electron chi connectivity index (χ0n) is 15.6. The van der Waals surface area contributed by atoms with Gasteiger partial charge in [-0.05, 0) is 30.7 Å². The van der Waals surface area contributed by atoms with Crippen molar-refractivity contribution in [3.63, 3.8) is 0 Å². The lowest BCUT2D eigenvalue weighted by molar-refractivity contribution is -0.126. The highest BCUT2D eigenvalue weighted by Gasteiger charge is 2.28. The van der Waals surface area contributed by atoms with E-state index in [1.54, 1.807) is 17.5 Å². The molecule has 0 bridgehead atoms. The first-order chi connectivity index (χ1) is 13.1. The molecule has 1 saturated heterocycles. The Balaban J connectivity index is 1.59. The van der Waals surface area contributed by atoms with Crippen molar-refractivity contribution in [2.24, 2.45) is 5.92 Å². The van der Waals surface area contributed by atoms with E-state index in [0.717, 1.165) is 38.0 Å². The van der Waals surface area contributed by atoms with E-state index >= 15 is 0 Å². The number of anilines is 2. The van der Waals surface area contributed by atoms with Crippen molar-refractivity contribution in [2.45, 2.75) is 39.2 Å². The predicted molar refractivity (Wildman–Crippen MR) is 107 cm³/mol. The van der Waals surface area contributed by atoms with Gasteiger partial charge in [-0.2, -0.15) is 0 Å². The Morgan fingerprint density at radius 3 is 2.78 bits per heavy atom. The van der Waals surface area contributed by atoms with Crippen LogP contribution in [0.3, 0.4) is 0 Å². The zero-order valence-corrected chi connectivity index (χ0v) is 16.5. The van der Waals surface area contributed by atoms with Crippen LogP contribution in [0.15, 0.2) is 30.0 Å². The van der Waals surface area contributed by atoms with Crippen LogP contribution < -0.4 is 15.5 Å². The smallest absolute Gasteiger partial charge is 0.223 e. The number of amides is 2. The minimum atomic E-state index is -0.164. The molecule has 7 nitrogen and oxygen atoms in total. The van der Waals surface area contributed by atoms with Gasteiger partial charge in [-0.1, -0.05) is 13.0 Å². The molecule has 2 amide bonds. The average Bonchev–Trinajstić information content (AvgIpc) is 3.20. The molecule has 1 aliphatic heterocycles. The molecule has 2 aromatic heterocycles. The molecule has 3 rings (SSSR count). The van der Waals surface area contributed by atoms with Crippen LogP contribution in [0.1, 0.15) is 44.0 Å². The Labute approximate surface area is 163 Å². The number of rotatable bonds is 6. The summed E-state index contributed by atoms with van der Waals surface area (Å²) in [5, 5.41) is 7.99. The fourth-order valence-electron chi connectivity index (χ4n) is 3.35. The summed E-state index contributed by atoms with van der Waals surface area (Å²) in [6.07, 6.45) is 5.54. The number of hydrogen-bond donors (Lipinski definition) is 2. The summed E-state index contributed by atoms with van der Waals surface area (Å²) in [6, 6.07) is 4.17. The van der Waals surface area contributed by atoms with Crippen LogP contribution in [0.5, 0.6) is 0 Å². The van der Waals surface area contributed by atoms with E-state index in [4.69, 9.17) is 0 Å². The molecule has 8 heteroatoms. The summed E-state index contributed by atoms with van der Waals surface area (Å²) in [5.41, 5.74) is 0.802. The average molecular weight is 388 g/mol. The molecule has 2 aromatic rings. The third kappa shape index (κ3) is 4.82. The number of thiophene rings is 1. The molecule has 2 N–H and O–H groups in total. The molecular weight excluding hydrogens is 362 g/mol. The standard InChI is InChI=1S/C19H25N5O2S/c1-3-15(17-5-4-10-27-17)23-19(26)14-6-8-24(9-7-14)16-11-20-12-21-18(16)22-13(2)25/h4-5,10-12,14-15H,3,6-9H2,1-2H3,(H,23,26)(H,20,21,22,25)/t15-/m1/s1. The minimum absolute atomic E-state index is 0.00380. The zero-order chi connectivity index (χ0) is 19.2. The van der Waals surface area contributed by atoms with Crippen LogP contribution in [0.4, 0.5) is 11.5 Å². The van der Waals surface area contributed by atoms with Crippen LogP contribution in [0.25, 0.3) is 0 Å². The highest BCUT2D eigenvalue weighted by Crippen LogP contribution is 2.29. The maximum Gasteiger partial charge on any atom is 0.223 e. The van der Waals surface area contributed by atoms with Gasteiger partial charge in [0.2, 0.25) is 11.8 Å². The van der Waals surface area contributed by atoms with Crippen molar-refractivity contribution in [2.75, 3.05) is 23.3 Å². The number of hydrogen-bond acceptors (Lipinski definition) is 6. The van der Waals surface area contributed by atoms with Crippen molar-refractivity contribution in [3.8, 4) is 0 Å². The Morgan fingerprint density at radius 2 is 2.15 bits per heavy atom. The maximum absolute atomic E-state index is 12.7. The highest BCUT2D eigenvalue weighted by atomic mass is 32.1. The number of carbonyl (C=O) groups is 2. The van der Waals surface area contributed by atoms with Gasteiger partial charge in [0.25, 0.3) is 0 Å². The Hall–Kier alpha value is -2.48. The highest BCUT2D eigenvalue weighted by molar-refractivity contribution is 7.10. The normalized spacial score (nSPS) is 16.0. The lowest BCUT2D eigenvalue weighted by atomic mass is 9.95. The monoisotopic (exact) mass is 387 g/mol. The maximum atomic E-state index is 12.7. The van der Waals surface area contributed by atoms with Gasteiger partial charge in [0.1, 0.15) is 6.33 Å². The van der Waals surface area contributed by atoms with Gasteiger partial charge < -0.3 is 15.5 Å². The van der Waals surface area contributed by atoms with Gasteiger partial charge in [0.15, 0.2) is 5.82 Å². The molecular formula is C19H25N5O2S. The molecule has 0 aromatic carbocycles. The van der Waals surface area contributed by atoms with Gasteiger partial charge in [-0.15, -0.1) is 11.3 Å². The summed E-state index contributed by atoms with van der Waals surface area (Å²) < 4.78 is 0. The van der Waals surface area contributed by atoms with E-state index in [-0.39, 0.29) is 23.8 Å². The van der Waals surface area contributed by atoms with Crippen LogP contribution in [0, 0.1) is 5.92 Å². The minimum Gasteiger partial charge on any atom is -0.367 e. The summed E-state index contributed by atoms with van der Waals surface area (Å²) in [7, 11) is 0. The quantitative estimate of drug-likeness (QED) is 0.796. The molecule has 0 radical (unpaired) electrons. The summed E-state index contributed by atoms with van der Waals surface area (Å²) >= 11 is 1.68. The number of nitrogens with one attached hydrogen (secondary N) is 2.